The Bertz CT molecular complexity index is 1230. The summed E-state index contributed by atoms with van der Waals surface area (Å²) >= 11 is 0. The molecule has 0 saturated heterocycles. The van der Waals surface area contributed by atoms with Crippen LogP contribution < -0.4 is 0 Å². The highest BCUT2D eigenvalue weighted by atomic mass is 14.4. The van der Waals surface area contributed by atoms with Crippen molar-refractivity contribution in [3.05, 3.63) is 95.1 Å². The molecular formula is C34H38. The fraction of sp³-hybridized carbons (Fsp3) is 0.412. The quantitative estimate of drug-likeness (QED) is 0.286. The van der Waals surface area contributed by atoms with Crippen LogP contribution in [0.15, 0.2) is 72.8 Å². The van der Waals surface area contributed by atoms with Crippen molar-refractivity contribution in [2.75, 3.05) is 0 Å². The molecule has 4 atom stereocenters. The minimum absolute atomic E-state index is 0.667. The molecule has 0 N–H and O–H groups in total. The van der Waals surface area contributed by atoms with Gasteiger partial charge < -0.3 is 0 Å². The van der Waals surface area contributed by atoms with Crippen LogP contribution >= 0.6 is 0 Å². The number of rotatable bonds is 5. The standard InChI is InChI=1S/C34H38/c1-21(2)31-19-25(27-13-5-9-23-11-7-15-29(31)33(23)27)17-18-26-20-32(22(3)4)30-16-8-12-24-10-6-14-28(26)34(24)30/h5-16,21-22,25-26,31-32H,17-20H2,1-4H3. The number of hydrogen-bond donors (Lipinski definition) is 0. The molecule has 6 rings (SSSR count). The smallest absolute Gasteiger partial charge is 0.0114 e. The molecule has 0 nitrogen and oxygen atoms in total. The SMILES string of the molecule is CC(C)C1CC(CCC2CC(C(C)C)c3cccc4cccc2c34)c2cccc3cccc1c23. The van der Waals surface area contributed by atoms with Gasteiger partial charge in [-0.2, -0.15) is 0 Å². The molecule has 0 aliphatic heterocycles. The Labute approximate surface area is 205 Å². The van der Waals surface area contributed by atoms with Crippen molar-refractivity contribution in [3.63, 3.8) is 0 Å². The Morgan fingerprint density at radius 1 is 0.529 bits per heavy atom. The van der Waals surface area contributed by atoms with E-state index in [2.05, 4.69) is 100 Å². The summed E-state index contributed by atoms with van der Waals surface area (Å²) in [6.45, 7) is 9.67. The average Bonchev–Trinajstić information content (AvgIpc) is 2.84. The van der Waals surface area contributed by atoms with Crippen molar-refractivity contribution in [2.45, 2.75) is 77.0 Å². The van der Waals surface area contributed by atoms with E-state index in [1.807, 2.05) is 0 Å². The fourth-order valence-corrected chi connectivity index (χ4v) is 7.43. The molecule has 0 amide bonds. The molecule has 2 aliphatic carbocycles. The van der Waals surface area contributed by atoms with Gasteiger partial charge in [-0.1, -0.05) is 100 Å². The van der Waals surface area contributed by atoms with E-state index in [0.29, 0.717) is 35.5 Å². The van der Waals surface area contributed by atoms with Gasteiger partial charge in [-0.25, -0.2) is 0 Å². The molecule has 4 aromatic rings. The van der Waals surface area contributed by atoms with Crippen molar-refractivity contribution < 1.29 is 0 Å². The van der Waals surface area contributed by atoms with Crippen LogP contribution in [0.2, 0.25) is 0 Å². The lowest BCUT2D eigenvalue weighted by Crippen LogP contribution is -2.20. The van der Waals surface area contributed by atoms with Crippen molar-refractivity contribution in [2.24, 2.45) is 11.8 Å². The predicted molar refractivity (Wildman–Crippen MR) is 147 cm³/mol. The van der Waals surface area contributed by atoms with Gasteiger partial charge >= 0.3 is 0 Å². The molecule has 0 heteroatoms. The minimum Gasteiger partial charge on any atom is -0.0622 e. The summed E-state index contributed by atoms with van der Waals surface area (Å²) in [5.41, 5.74) is 6.41. The van der Waals surface area contributed by atoms with Gasteiger partial charge in [0.25, 0.3) is 0 Å². The van der Waals surface area contributed by atoms with E-state index in [-0.39, 0.29) is 0 Å². The Morgan fingerprint density at radius 2 is 0.882 bits per heavy atom. The van der Waals surface area contributed by atoms with Gasteiger partial charge in [-0.15, -0.1) is 0 Å². The highest BCUT2D eigenvalue weighted by molar-refractivity contribution is 5.91. The van der Waals surface area contributed by atoms with Gasteiger partial charge in [0.15, 0.2) is 0 Å². The van der Waals surface area contributed by atoms with E-state index in [4.69, 9.17) is 0 Å². The summed E-state index contributed by atoms with van der Waals surface area (Å²) < 4.78 is 0. The molecule has 0 heterocycles. The Morgan fingerprint density at radius 3 is 1.24 bits per heavy atom. The lowest BCUT2D eigenvalue weighted by atomic mass is 9.67. The molecule has 0 fully saturated rings. The van der Waals surface area contributed by atoms with Gasteiger partial charge in [0, 0.05) is 0 Å². The molecule has 34 heavy (non-hydrogen) atoms. The predicted octanol–water partition coefficient (Wildman–Crippen LogP) is 9.93. The van der Waals surface area contributed by atoms with Crippen LogP contribution in [0.4, 0.5) is 0 Å². The van der Waals surface area contributed by atoms with Crippen LogP contribution in [0.5, 0.6) is 0 Å². The first-order valence-corrected chi connectivity index (χ1v) is 13.6. The molecule has 0 aromatic heterocycles. The maximum Gasteiger partial charge on any atom is -0.0114 e. The van der Waals surface area contributed by atoms with Crippen molar-refractivity contribution in [3.8, 4) is 0 Å². The molecule has 0 spiro atoms. The summed E-state index contributed by atoms with van der Waals surface area (Å²) in [7, 11) is 0. The molecule has 0 radical (unpaired) electrons. The maximum atomic E-state index is 2.43. The van der Waals surface area contributed by atoms with Crippen LogP contribution in [0.1, 0.15) is 99.3 Å². The summed E-state index contributed by atoms with van der Waals surface area (Å²) in [5, 5.41) is 6.00. The second kappa shape index (κ2) is 8.56. The average molecular weight is 447 g/mol. The summed E-state index contributed by atoms with van der Waals surface area (Å²) in [6.07, 6.45) is 5.19. The van der Waals surface area contributed by atoms with Crippen LogP contribution in [0, 0.1) is 11.8 Å². The maximum absolute atomic E-state index is 2.43. The fourth-order valence-electron chi connectivity index (χ4n) is 7.43. The molecule has 0 bridgehead atoms. The Balaban J connectivity index is 1.37. The minimum atomic E-state index is 0.667. The molecular weight excluding hydrogens is 408 g/mol. The summed E-state index contributed by atoms with van der Waals surface area (Å²) in [6, 6.07) is 28.0. The molecule has 174 valence electrons. The number of hydrogen-bond acceptors (Lipinski definition) is 0. The first kappa shape index (κ1) is 21.9. The van der Waals surface area contributed by atoms with E-state index < -0.39 is 0 Å². The third kappa shape index (κ3) is 3.49. The van der Waals surface area contributed by atoms with Crippen LogP contribution in [-0.2, 0) is 0 Å². The van der Waals surface area contributed by atoms with Gasteiger partial charge in [0.05, 0.1) is 0 Å². The Kier molecular flexibility index (Phi) is 5.51. The normalized spacial score (nSPS) is 23.8. The van der Waals surface area contributed by atoms with E-state index in [9.17, 15) is 0 Å². The zero-order valence-electron chi connectivity index (χ0n) is 21.2. The third-order valence-electron chi connectivity index (χ3n) is 9.17. The van der Waals surface area contributed by atoms with Gasteiger partial charge in [-0.3, -0.25) is 0 Å². The van der Waals surface area contributed by atoms with Gasteiger partial charge in [-0.05, 0) is 105 Å². The van der Waals surface area contributed by atoms with Crippen molar-refractivity contribution in [1.82, 2.24) is 0 Å². The molecule has 4 aromatic carbocycles. The van der Waals surface area contributed by atoms with E-state index in [1.165, 1.54) is 36.5 Å². The van der Waals surface area contributed by atoms with Crippen LogP contribution in [-0.4, -0.2) is 0 Å². The second-order valence-electron chi connectivity index (χ2n) is 11.7. The lowest BCUT2D eigenvalue weighted by molar-refractivity contribution is 0.369. The summed E-state index contributed by atoms with van der Waals surface area (Å²) in [4.78, 5) is 0. The number of benzene rings is 4. The zero-order valence-corrected chi connectivity index (χ0v) is 21.2. The molecule has 0 saturated carbocycles. The largest absolute Gasteiger partial charge is 0.0622 e. The Hall–Kier alpha value is -2.60. The van der Waals surface area contributed by atoms with Gasteiger partial charge in [0.2, 0.25) is 0 Å². The monoisotopic (exact) mass is 446 g/mol. The van der Waals surface area contributed by atoms with Crippen LogP contribution in [0.3, 0.4) is 0 Å². The third-order valence-corrected chi connectivity index (χ3v) is 9.17. The first-order chi connectivity index (χ1) is 16.5. The first-order valence-electron chi connectivity index (χ1n) is 13.6. The lowest BCUT2D eigenvalue weighted by Gasteiger charge is -2.37. The topological polar surface area (TPSA) is 0 Å². The van der Waals surface area contributed by atoms with Crippen LogP contribution in [0.25, 0.3) is 21.5 Å². The van der Waals surface area contributed by atoms with Crippen molar-refractivity contribution in [1.29, 1.82) is 0 Å². The molecule has 2 aliphatic rings. The highest BCUT2D eigenvalue weighted by Crippen LogP contribution is 2.51. The van der Waals surface area contributed by atoms with Crippen molar-refractivity contribution >= 4 is 21.5 Å². The van der Waals surface area contributed by atoms with Gasteiger partial charge in [0.1, 0.15) is 0 Å². The summed E-state index contributed by atoms with van der Waals surface area (Å²) in [5.74, 6) is 4.04. The second-order valence-corrected chi connectivity index (χ2v) is 11.7. The molecule has 4 unspecified atom stereocenters. The van der Waals surface area contributed by atoms with E-state index >= 15 is 0 Å². The highest BCUT2D eigenvalue weighted by Gasteiger charge is 2.33. The zero-order chi connectivity index (χ0) is 23.4. The van der Waals surface area contributed by atoms with E-state index in [0.717, 1.165) is 0 Å². The van der Waals surface area contributed by atoms with E-state index in [1.54, 1.807) is 33.0 Å².